The maximum absolute atomic E-state index is 15.5. The van der Waals surface area contributed by atoms with Gasteiger partial charge in [-0.15, -0.1) is 0 Å². The summed E-state index contributed by atoms with van der Waals surface area (Å²) in [6.45, 7) is 0.740. The number of carboxylic acids is 2. The number of amides is 2. The zero-order chi connectivity index (χ0) is 49.2. The summed E-state index contributed by atoms with van der Waals surface area (Å²) < 4.78 is 181. The normalized spacial score (nSPS) is 11.1. The van der Waals surface area contributed by atoms with Crippen LogP contribution in [0.2, 0.25) is 35.2 Å². The Bertz CT molecular complexity index is 2910. The van der Waals surface area contributed by atoms with Crippen LogP contribution in [0, 0.1) is 70.9 Å². The van der Waals surface area contributed by atoms with E-state index in [1.54, 1.807) is 0 Å². The molecule has 0 aliphatic carbocycles. The number of carbonyl (C=O) groups excluding carboxylic acids is 2. The molecule has 0 unspecified atom stereocenters. The van der Waals surface area contributed by atoms with Crippen molar-refractivity contribution in [3.8, 4) is 34.5 Å². The Morgan fingerprint density at radius 1 is 0.400 bits per heavy atom. The first-order chi connectivity index (χ1) is 30.1. The van der Waals surface area contributed by atoms with E-state index in [-0.39, 0.29) is 0 Å². The molecule has 5 aromatic carbocycles. The third-order valence-corrected chi connectivity index (χ3v) is 11.1. The summed E-state index contributed by atoms with van der Waals surface area (Å²) in [4.78, 5) is 49.6. The Morgan fingerprint density at radius 3 is 1.02 bits per heavy atom. The molecule has 0 spiro atoms. The van der Waals surface area contributed by atoms with Crippen LogP contribution in [0.1, 0.15) is 47.0 Å². The van der Waals surface area contributed by atoms with Crippen molar-refractivity contribution in [3.05, 3.63) is 127 Å². The Morgan fingerprint density at radius 2 is 0.708 bits per heavy atom. The third-order valence-electron chi connectivity index (χ3n) is 8.37. The molecule has 5 aromatic rings. The fourth-order valence-corrected chi connectivity index (χ4v) is 7.23. The number of carboxylic acid groups (broad SMARTS) is 2. The summed E-state index contributed by atoms with van der Waals surface area (Å²) in [5.74, 6) is -46.9. The van der Waals surface area contributed by atoms with E-state index in [2.05, 4.69) is 4.74 Å². The molecular formula is C36H10Cl7F11N2O9. The summed E-state index contributed by atoms with van der Waals surface area (Å²) in [7, 11) is 0.966. The summed E-state index contributed by atoms with van der Waals surface area (Å²) in [6.07, 6.45) is 0. The molecule has 0 heterocycles. The average molecular weight is 1070 g/mol. The summed E-state index contributed by atoms with van der Waals surface area (Å²) in [5.41, 5.74) is -7.48. The van der Waals surface area contributed by atoms with Gasteiger partial charge in [-0.2, -0.15) is 35.1 Å². The fourth-order valence-electron chi connectivity index (χ4n) is 5.29. The van der Waals surface area contributed by atoms with E-state index in [1.807, 2.05) is 5.32 Å². The number of aromatic carboxylic acids is 2. The molecule has 29 heteroatoms. The van der Waals surface area contributed by atoms with Gasteiger partial charge in [0, 0.05) is 12.6 Å². The molecule has 0 radical (unpaired) electrons. The Kier molecular flexibility index (Phi) is 14.7. The van der Waals surface area contributed by atoms with E-state index in [0.29, 0.717) is 0 Å². The van der Waals surface area contributed by atoms with E-state index >= 15 is 35.1 Å². The molecule has 2 amide bonds. The van der Waals surface area contributed by atoms with Crippen LogP contribution in [0.15, 0.2) is 0 Å². The molecule has 0 saturated heterocycles. The highest BCUT2D eigenvalue weighted by molar-refractivity contribution is 6.49. The highest BCUT2D eigenvalue weighted by Crippen LogP contribution is 2.51. The molecular weight excluding hydrogens is 1060 g/mol. The third kappa shape index (κ3) is 8.51. The highest BCUT2D eigenvalue weighted by atomic mass is 35.5. The molecule has 0 aliphatic heterocycles. The summed E-state index contributed by atoms with van der Waals surface area (Å²) in [6, 6.07) is 0. The van der Waals surface area contributed by atoms with Crippen LogP contribution >= 0.6 is 81.2 Å². The number of halogens is 18. The second kappa shape index (κ2) is 18.9. The number of carbonyl (C=O) groups is 4. The highest BCUT2D eigenvalue weighted by Gasteiger charge is 2.38. The smallest absolute Gasteiger partial charge is 0.338 e. The molecule has 0 aromatic heterocycles. The molecule has 0 saturated carbocycles. The topological polar surface area (TPSA) is 160 Å². The fraction of sp³-hybridized carbons (Fsp3) is 0.0556. The van der Waals surface area contributed by atoms with Gasteiger partial charge in [-0.05, 0) is 6.92 Å². The minimum atomic E-state index is -2.82. The molecule has 5 rings (SSSR count). The lowest BCUT2D eigenvalue weighted by atomic mass is 10.0. The van der Waals surface area contributed by atoms with Crippen LogP contribution in [0.4, 0.5) is 54.0 Å². The first-order valence-electron chi connectivity index (χ1n) is 16.1. The van der Waals surface area contributed by atoms with E-state index < -0.39 is 191 Å². The molecule has 4 N–H and O–H groups in total. The number of ether oxygens (including phenoxy) is 3. The van der Waals surface area contributed by atoms with Gasteiger partial charge >= 0.3 is 11.9 Å². The van der Waals surface area contributed by atoms with E-state index in [0.717, 1.165) is 14.0 Å². The van der Waals surface area contributed by atoms with Gasteiger partial charge in [-0.25, -0.2) is 22.8 Å². The monoisotopic (exact) mass is 1070 g/mol. The van der Waals surface area contributed by atoms with Gasteiger partial charge in [-0.1, -0.05) is 81.2 Å². The molecule has 0 aliphatic rings. The lowest BCUT2D eigenvalue weighted by Crippen LogP contribution is -2.22. The van der Waals surface area contributed by atoms with Gasteiger partial charge in [0.05, 0.1) is 42.3 Å². The lowest BCUT2D eigenvalue weighted by Gasteiger charge is -2.19. The Labute approximate surface area is 386 Å². The minimum absolute atomic E-state index is 0.740. The maximum atomic E-state index is 15.5. The van der Waals surface area contributed by atoms with Crippen LogP contribution in [0.5, 0.6) is 34.5 Å². The predicted octanol–water partition coefficient (Wildman–Crippen LogP) is 13.5. The number of benzene rings is 5. The van der Waals surface area contributed by atoms with Crippen LogP contribution in [-0.4, -0.2) is 41.0 Å². The van der Waals surface area contributed by atoms with Gasteiger partial charge in [0.25, 0.3) is 11.8 Å². The Balaban J connectivity index is 1.60. The molecule has 0 fully saturated rings. The molecule has 0 bridgehead atoms. The largest absolute Gasteiger partial charge is 0.478 e. The number of hydrogen-bond donors (Lipinski definition) is 4. The van der Waals surface area contributed by atoms with Crippen molar-refractivity contribution >= 4 is 111 Å². The standard InChI is InChI=1S/C36H10Cl7F11N2O9/c1-3-15(44)14(43)17(46)26(16(3)45)56-34(58)5-7(36(61)62)9(38)13(42)28(11(5)40)64-30-20(49)24(53)32(25(54)21(30)50)65-31-22(51)18(47)29(19(48)23(31)52)63-27-10(39)4(33(57)55-2)6(35(59)60)8(37)12(27)41/h1-2H3,(H,55,57)(H,56,58)(H,59,60)(H,61,62). The second-order valence-electron chi connectivity index (χ2n) is 12.1. The summed E-state index contributed by atoms with van der Waals surface area (Å²) in [5, 5.41) is 14.0. The van der Waals surface area contributed by atoms with Crippen molar-refractivity contribution < 1.29 is 91.9 Å². The number of nitrogens with one attached hydrogen (secondary N) is 2. The number of hydrogen-bond acceptors (Lipinski definition) is 7. The van der Waals surface area contributed by atoms with Crippen LogP contribution in [0.25, 0.3) is 0 Å². The number of anilines is 1. The van der Waals surface area contributed by atoms with Gasteiger partial charge < -0.3 is 35.1 Å². The van der Waals surface area contributed by atoms with Crippen molar-refractivity contribution in [1.82, 2.24) is 5.32 Å². The van der Waals surface area contributed by atoms with Crippen molar-refractivity contribution in [2.75, 3.05) is 12.4 Å². The second-order valence-corrected chi connectivity index (χ2v) is 14.7. The number of rotatable bonds is 11. The van der Waals surface area contributed by atoms with Gasteiger partial charge in [-0.3, -0.25) is 9.59 Å². The molecule has 344 valence electrons. The van der Waals surface area contributed by atoms with E-state index in [1.165, 1.54) is 5.32 Å². The van der Waals surface area contributed by atoms with Crippen LogP contribution in [0.3, 0.4) is 0 Å². The zero-order valence-corrected chi connectivity index (χ0v) is 35.8. The van der Waals surface area contributed by atoms with Crippen molar-refractivity contribution in [1.29, 1.82) is 0 Å². The average Bonchev–Trinajstić information content (AvgIpc) is 3.25. The van der Waals surface area contributed by atoms with E-state index in [9.17, 15) is 42.6 Å². The minimum Gasteiger partial charge on any atom is -0.478 e. The van der Waals surface area contributed by atoms with Crippen molar-refractivity contribution in [2.24, 2.45) is 0 Å². The van der Waals surface area contributed by atoms with Gasteiger partial charge in [0.1, 0.15) is 20.8 Å². The first-order valence-corrected chi connectivity index (χ1v) is 18.8. The van der Waals surface area contributed by atoms with Crippen molar-refractivity contribution in [2.45, 2.75) is 6.92 Å². The molecule has 11 nitrogen and oxygen atoms in total. The molecule has 65 heavy (non-hydrogen) atoms. The van der Waals surface area contributed by atoms with Crippen molar-refractivity contribution in [3.63, 3.8) is 0 Å². The first kappa shape index (κ1) is 50.6. The van der Waals surface area contributed by atoms with Crippen LogP contribution in [-0.2, 0) is 0 Å². The predicted molar refractivity (Wildman–Crippen MR) is 207 cm³/mol. The Hall–Kier alpha value is -5.36. The van der Waals surface area contributed by atoms with Gasteiger partial charge in [0.2, 0.25) is 69.5 Å². The lowest BCUT2D eigenvalue weighted by molar-refractivity contribution is 0.0683. The zero-order valence-electron chi connectivity index (χ0n) is 30.6. The quantitative estimate of drug-likeness (QED) is 0.0573. The van der Waals surface area contributed by atoms with Crippen LogP contribution < -0.4 is 24.8 Å². The van der Waals surface area contributed by atoms with Gasteiger partial charge in [0.15, 0.2) is 29.0 Å². The molecule has 0 atom stereocenters. The maximum Gasteiger partial charge on any atom is 0.338 e. The van der Waals surface area contributed by atoms with E-state index in [4.69, 9.17) is 90.7 Å². The SMILES string of the molecule is CNC(=O)c1c(Cl)c(Oc2c(F)c(F)c(Oc3c(F)c(F)c(Oc4c(Cl)c(Cl)c(C(=O)O)c(C(=O)Nc5c(F)c(C)c(F)c(Cl)c5F)c4Cl)c(F)c3F)c(F)c2F)c(Cl)c(Cl)c1C(=O)O. The summed E-state index contributed by atoms with van der Waals surface area (Å²) >= 11 is 41.3.